The molecule has 0 aromatic heterocycles. The first-order valence-corrected chi connectivity index (χ1v) is 8.36. The molecule has 1 nitrogen and oxygen atoms in total. The Labute approximate surface area is 128 Å². The Morgan fingerprint density at radius 1 is 0.952 bits per heavy atom. The van der Waals surface area contributed by atoms with Gasteiger partial charge in [0.25, 0.3) is 0 Å². The molecule has 21 heavy (non-hydrogen) atoms. The molecule has 110 valence electrons. The first-order valence-electron chi connectivity index (χ1n) is 8.36. The van der Waals surface area contributed by atoms with E-state index in [4.69, 9.17) is 0 Å². The van der Waals surface area contributed by atoms with E-state index in [2.05, 4.69) is 61.5 Å². The molecule has 2 aliphatic rings. The molecule has 2 fully saturated rings. The topological polar surface area (TPSA) is 3.24 Å². The molecule has 0 N–H and O–H groups in total. The van der Waals surface area contributed by atoms with Crippen molar-refractivity contribution in [1.29, 1.82) is 0 Å². The maximum atomic E-state index is 2.40. The van der Waals surface area contributed by atoms with E-state index in [1.807, 2.05) is 0 Å². The molecule has 1 heteroatoms. The Hall–Kier alpha value is -1.34. The summed E-state index contributed by atoms with van der Waals surface area (Å²) in [6, 6.07) is 15.8. The number of benzene rings is 2. The molecule has 2 aromatic carbocycles. The summed E-state index contributed by atoms with van der Waals surface area (Å²) in [6.45, 7) is 1.25. The van der Waals surface area contributed by atoms with Crippen molar-refractivity contribution in [3.63, 3.8) is 0 Å². The van der Waals surface area contributed by atoms with E-state index in [9.17, 15) is 0 Å². The second-order valence-electron chi connectivity index (χ2n) is 7.35. The molecule has 0 radical (unpaired) electrons. The second kappa shape index (κ2) is 5.14. The minimum Gasteiger partial charge on any atom is -0.309 e. The van der Waals surface area contributed by atoms with Gasteiger partial charge in [-0.25, -0.2) is 0 Å². The van der Waals surface area contributed by atoms with Crippen molar-refractivity contribution in [3.8, 4) is 0 Å². The maximum absolute atomic E-state index is 2.40. The number of hydrogen-bond donors (Lipinski definition) is 0. The lowest BCUT2D eigenvalue weighted by molar-refractivity contribution is 0.220. The van der Waals surface area contributed by atoms with Gasteiger partial charge in [-0.2, -0.15) is 0 Å². The molecule has 2 saturated carbocycles. The minimum atomic E-state index is 0.775. The summed E-state index contributed by atoms with van der Waals surface area (Å²) < 4.78 is 0. The highest BCUT2D eigenvalue weighted by Crippen LogP contribution is 2.57. The molecule has 0 heterocycles. The zero-order valence-corrected chi connectivity index (χ0v) is 13.1. The molecule has 4 atom stereocenters. The fourth-order valence-electron chi connectivity index (χ4n) is 5.12. The van der Waals surface area contributed by atoms with Crippen molar-refractivity contribution in [2.75, 3.05) is 20.6 Å². The van der Waals surface area contributed by atoms with Crippen LogP contribution in [-0.4, -0.2) is 25.5 Å². The molecule has 4 unspecified atom stereocenters. The molecule has 0 saturated heterocycles. The first kappa shape index (κ1) is 13.3. The highest BCUT2D eigenvalue weighted by atomic mass is 15.1. The Morgan fingerprint density at radius 2 is 1.71 bits per heavy atom. The summed E-state index contributed by atoms with van der Waals surface area (Å²) in [5.74, 6) is 3.51. The van der Waals surface area contributed by atoms with Gasteiger partial charge in [0.05, 0.1) is 0 Å². The van der Waals surface area contributed by atoms with Crippen LogP contribution < -0.4 is 0 Å². The summed E-state index contributed by atoms with van der Waals surface area (Å²) in [4.78, 5) is 2.39. The zero-order valence-electron chi connectivity index (χ0n) is 13.1. The van der Waals surface area contributed by atoms with E-state index in [0.717, 1.165) is 23.7 Å². The summed E-state index contributed by atoms with van der Waals surface area (Å²) in [6.07, 6.45) is 4.37. The lowest BCUT2D eigenvalue weighted by atomic mass is 9.74. The van der Waals surface area contributed by atoms with Gasteiger partial charge >= 0.3 is 0 Å². The number of hydrogen-bond acceptors (Lipinski definition) is 1. The largest absolute Gasteiger partial charge is 0.309 e. The molecule has 2 aromatic rings. The number of nitrogens with zero attached hydrogens (tertiary/aromatic N) is 1. The fraction of sp³-hybridized carbons (Fsp3) is 0.500. The second-order valence-corrected chi connectivity index (χ2v) is 7.35. The van der Waals surface area contributed by atoms with Crippen molar-refractivity contribution in [2.45, 2.75) is 25.2 Å². The van der Waals surface area contributed by atoms with Crippen molar-refractivity contribution >= 4 is 10.8 Å². The van der Waals surface area contributed by atoms with Crippen molar-refractivity contribution < 1.29 is 0 Å². The Bertz CT molecular complexity index is 640. The normalized spacial score (nSPS) is 31.4. The van der Waals surface area contributed by atoms with Crippen LogP contribution in [0.2, 0.25) is 0 Å². The van der Waals surface area contributed by atoms with Gasteiger partial charge in [-0.05, 0) is 73.4 Å². The van der Waals surface area contributed by atoms with Crippen LogP contribution in [0, 0.1) is 17.8 Å². The molecule has 4 rings (SSSR count). The van der Waals surface area contributed by atoms with Gasteiger partial charge in [0, 0.05) is 6.54 Å². The summed E-state index contributed by atoms with van der Waals surface area (Å²) in [5, 5.41) is 2.89. The van der Waals surface area contributed by atoms with Crippen LogP contribution >= 0.6 is 0 Å². The average Bonchev–Trinajstić information content (AvgIpc) is 3.07. The highest BCUT2D eigenvalue weighted by Gasteiger charge is 2.48. The fourth-order valence-corrected chi connectivity index (χ4v) is 5.12. The third kappa shape index (κ3) is 2.19. The quantitative estimate of drug-likeness (QED) is 0.798. The summed E-state index contributed by atoms with van der Waals surface area (Å²) in [7, 11) is 4.46. The third-order valence-corrected chi connectivity index (χ3v) is 5.85. The average molecular weight is 279 g/mol. The van der Waals surface area contributed by atoms with Gasteiger partial charge < -0.3 is 4.90 Å². The standard InChI is InChI=1S/C20H25N/c1-21(2)13-19-15-10-11-16(12-15)20(19)18-9-5-7-14-6-3-4-8-17(14)18/h3-9,15-16,19-20H,10-13H2,1-2H3. The lowest BCUT2D eigenvalue weighted by Crippen LogP contribution is -2.30. The van der Waals surface area contributed by atoms with Gasteiger partial charge in [-0.3, -0.25) is 0 Å². The zero-order chi connectivity index (χ0) is 14.4. The smallest absolute Gasteiger partial charge is 0.00122 e. The third-order valence-electron chi connectivity index (χ3n) is 5.85. The molecule has 0 amide bonds. The van der Waals surface area contributed by atoms with Crippen LogP contribution in [0.25, 0.3) is 10.8 Å². The predicted octanol–water partition coefficient (Wildman–Crippen LogP) is 4.53. The van der Waals surface area contributed by atoms with E-state index in [-0.39, 0.29) is 0 Å². The summed E-state index contributed by atoms with van der Waals surface area (Å²) in [5.41, 5.74) is 1.62. The minimum absolute atomic E-state index is 0.775. The van der Waals surface area contributed by atoms with E-state index in [1.54, 1.807) is 5.56 Å². The van der Waals surface area contributed by atoms with Crippen LogP contribution in [0.4, 0.5) is 0 Å². The molecule has 2 aliphatic carbocycles. The van der Waals surface area contributed by atoms with Gasteiger partial charge in [0.15, 0.2) is 0 Å². The lowest BCUT2D eigenvalue weighted by Gasteiger charge is -2.34. The van der Waals surface area contributed by atoms with Crippen LogP contribution in [0.15, 0.2) is 42.5 Å². The Kier molecular flexibility index (Phi) is 3.26. The van der Waals surface area contributed by atoms with E-state index >= 15 is 0 Å². The molecule has 2 bridgehead atoms. The first-order chi connectivity index (χ1) is 10.2. The SMILES string of the molecule is CN(C)CC1C2CCC(C2)C1c1cccc2ccccc12. The monoisotopic (exact) mass is 279 g/mol. The molecular weight excluding hydrogens is 254 g/mol. The highest BCUT2D eigenvalue weighted by molar-refractivity contribution is 5.86. The van der Waals surface area contributed by atoms with Gasteiger partial charge in [-0.1, -0.05) is 42.5 Å². The van der Waals surface area contributed by atoms with Crippen molar-refractivity contribution in [3.05, 3.63) is 48.0 Å². The van der Waals surface area contributed by atoms with Gasteiger partial charge in [-0.15, -0.1) is 0 Å². The number of rotatable bonds is 3. The van der Waals surface area contributed by atoms with Gasteiger partial charge in [0.1, 0.15) is 0 Å². The summed E-state index contributed by atoms with van der Waals surface area (Å²) >= 11 is 0. The molecular formula is C20H25N. The maximum Gasteiger partial charge on any atom is 0.00122 e. The number of fused-ring (bicyclic) bond motifs is 3. The van der Waals surface area contributed by atoms with Crippen LogP contribution in [-0.2, 0) is 0 Å². The van der Waals surface area contributed by atoms with Crippen LogP contribution in [0.5, 0.6) is 0 Å². The van der Waals surface area contributed by atoms with Crippen LogP contribution in [0.3, 0.4) is 0 Å². The van der Waals surface area contributed by atoms with E-state index in [1.165, 1.54) is 36.6 Å². The van der Waals surface area contributed by atoms with E-state index < -0.39 is 0 Å². The van der Waals surface area contributed by atoms with Crippen molar-refractivity contribution in [1.82, 2.24) is 4.90 Å². The van der Waals surface area contributed by atoms with Crippen molar-refractivity contribution in [2.24, 2.45) is 17.8 Å². The Balaban J connectivity index is 1.79. The van der Waals surface area contributed by atoms with Crippen LogP contribution in [0.1, 0.15) is 30.7 Å². The molecule has 0 spiro atoms. The van der Waals surface area contributed by atoms with E-state index in [0.29, 0.717) is 0 Å². The van der Waals surface area contributed by atoms with Gasteiger partial charge in [0.2, 0.25) is 0 Å². The predicted molar refractivity (Wildman–Crippen MR) is 89.6 cm³/mol. The Morgan fingerprint density at radius 3 is 2.57 bits per heavy atom. The molecule has 0 aliphatic heterocycles.